The van der Waals surface area contributed by atoms with Crippen molar-refractivity contribution in [2.75, 3.05) is 13.7 Å². The first kappa shape index (κ1) is 16.3. The van der Waals surface area contributed by atoms with Gasteiger partial charge in [-0.3, -0.25) is 9.59 Å². The number of rotatable bonds is 9. The lowest BCUT2D eigenvalue weighted by Gasteiger charge is -2.14. The summed E-state index contributed by atoms with van der Waals surface area (Å²) >= 11 is 0. The van der Waals surface area contributed by atoms with Crippen molar-refractivity contribution in [2.24, 2.45) is 11.7 Å². The Kier molecular flexibility index (Phi) is 5.77. The highest BCUT2D eigenvalue weighted by Gasteiger charge is 2.22. The fourth-order valence-corrected chi connectivity index (χ4v) is 1.97. The summed E-state index contributed by atoms with van der Waals surface area (Å²) in [5, 5.41) is 2.96. The fraction of sp³-hybridized carbons (Fsp3) is 0.500. The molecule has 6 heteroatoms. The molecule has 0 unspecified atom stereocenters. The Hall–Kier alpha value is -2.08. The highest BCUT2D eigenvalue weighted by Crippen LogP contribution is 2.29. The summed E-state index contributed by atoms with van der Waals surface area (Å²) in [5.74, 6) is 0.516. The molecular weight excluding hydrogens is 284 g/mol. The van der Waals surface area contributed by atoms with E-state index in [1.807, 2.05) is 24.3 Å². The summed E-state index contributed by atoms with van der Waals surface area (Å²) in [6.07, 6.45) is 2.45. The summed E-state index contributed by atoms with van der Waals surface area (Å²) in [4.78, 5) is 22.5. The van der Waals surface area contributed by atoms with Crippen LogP contribution in [0.2, 0.25) is 0 Å². The van der Waals surface area contributed by atoms with E-state index in [1.165, 1.54) is 20.0 Å². The summed E-state index contributed by atoms with van der Waals surface area (Å²) in [5.41, 5.74) is 6.25. The van der Waals surface area contributed by atoms with Gasteiger partial charge in [-0.1, -0.05) is 12.1 Å². The maximum Gasteiger partial charge on any atom is 0.307 e. The van der Waals surface area contributed by atoms with Crippen LogP contribution in [0.1, 0.15) is 24.8 Å². The van der Waals surface area contributed by atoms with Crippen molar-refractivity contribution in [3.8, 4) is 5.75 Å². The zero-order chi connectivity index (χ0) is 15.9. The van der Waals surface area contributed by atoms with Gasteiger partial charge in [0.1, 0.15) is 5.75 Å². The molecule has 0 bridgehead atoms. The quantitative estimate of drug-likeness (QED) is 0.664. The van der Waals surface area contributed by atoms with Crippen LogP contribution in [0.25, 0.3) is 0 Å². The predicted octanol–water partition coefficient (Wildman–Crippen LogP) is 0.982. The first-order valence-corrected chi connectivity index (χ1v) is 7.39. The molecule has 1 saturated carbocycles. The average molecular weight is 306 g/mol. The number of benzene rings is 1. The van der Waals surface area contributed by atoms with Crippen molar-refractivity contribution < 1.29 is 19.1 Å². The first-order valence-electron chi connectivity index (χ1n) is 7.39. The second-order valence-corrected chi connectivity index (χ2v) is 5.51. The molecule has 2 rings (SSSR count). The van der Waals surface area contributed by atoms with Gasteiger partial charge in [-0.25, -0.2) is 0 Å². The summed E-state index contributed by atoms with van der Waals surface area (Å²) in [6.45, 7) is 1.22. The number of carbonyl (C=O) groups is 2. The maximum absolute atomic E-state index is 11.3. The molecule has 0 radical (unpaired) electrons. The van der Waals surface area contributed by atoms with Crippen LogP contribution < -0.4 is 15.8 Å². The number of hydrogen-bond acceptors (Lipinski definition) is 5. The van der Waals surface area contributed by atoms with E-state index in [0.29, 0.717) is 6.54 Å². The van der Waals surface area contributed by atoms with E-state index in [-0.39, 0.29) is 6.42 Å². The highest BCUT2D eigenvalue weighted by molar-refractivity contribution is 5.85. The topological polar surface area (TPSA) is 90.7 Å². The average Bonchev–Trinajstić information content (AvgIpc) is 3.34. The molecule has 1 fully saturated rings. The minimum Gasteiger partial charge on any atom is -0.493 e. The number of amides is 1. The molecule has 1 aromatic carbocycles. The molecule has 0 saturated heterocycles. The fourth-order valence-electron chi connectivity index (χ4n) is 1.97. The zero-order valence-corrected chi connectivity index (χ0v) is 12.7. The largest absolute Gasteiger partial charge is 0.493 e. The van der Waals surface area contributed by atoms with Crippen molar-refractivity contribution in [1.29, 1.82) is 0 Å². The second kappa shape index (κ2) is 7.79. The summed E-state index contributed by atoms with van der Waals surface area (Å²) < 4.78 is 10.2. The number of hydrogen-bond donors (Lipinski definition) is 2. The molecule has 1 atom stereocenters. The summed E-state index contributed by atoms with van der Waals surface area (Å²) in [7, 11) is 1.28. The minimum absolute atomic E-state index is 0.0750. The van der Waals surface area contributed by atoms with Crippen LogP contribution in [-0.4, -0.2) is 31.6 Å². The van der Waals surface area contributed by atoms with Gasteiger partial charge in [0.05, 0.1) is 26.2 Å². The Morgan fingerprint density at radius 2 is 2.00 bits per heavy atom. The van der Waals surface area contributed by atoms with Gasteiger partial charge >= 0.3 is 5.97 Å². The van der Waals surface area contributed by atoms with Crippen molar-refractivity contribution in [2.45, 2.75) is 31.8 Å². The molecule has 0 spiro atoms. The zero-order valence-electron chi connectivity index (χ0n) is 12.7. The lowest BCUT2D eigenvalue weighted by Crippen LogP contribution is -2.42. The second-order valence-electron chi connectivity index (χ2n) is 5.51. The van der Waals surface area contributed by atoms with E-state index in [1.54, 1.807) is 0 Å². The third-order valence-electron chi connectivity index (χ3n) is 3.60. The molecular formula is C16H22N2O4. The van der Waals surface area contributed by atoms with E-state index in [9.17, 15) is 9.59 Å². The number of esters is 1. The minimum atomic E-state index is -0.738. The van der Waals surface area contributed by atoms with Gasteiger partial charge in [-0.15, -0.1) is 0 Å². The van der Waals surface area contributed by atoms with E-state index in [2.05, 4.69) is 10.1 Å². The van der Waals surface area contributed by atoms with Crippen LogP contribution in [-0.2, 0) is 20.9 Å². The number of ether oxygens (including phenoxy) is 2. The normalized spacial score (nSPS) is 15.1. The molecule has 1 aliphatic carbocycles. The number of nitrogens with one attached hydrogen (secondary N) is 1. The molecule has 1 aliphatic rings. The Labute approximate surface area is 130 Å². The van der Waals surface area contributed by atoms with Gasteiger partial charge < -0.3 is 20.5 Å². The Bertz CT molecular complexity index is 511. The van der Waals surface area contributed by atoms with Gasteiger partial charge in [0.15, 0.2) is 0 Å². The third kappa shape index (κ3) is 5.37. The molecule has 1 aromatic rings. The van der Waals surface area contributed by atoms with Crippen molar-refractivity contribution >= 4 is 11.9 Å². The van der Waals surface area contributed by atoms with Crippen LogP contribution in [0.15, 0.2) is 24.3 Å². The van der Waals surface area contributed by atoms with Gasteiger partial charge in [-0.2, -0.15) is 0 Å². The SMILES string of the molecule is COC(=O)C[C@H](NCc1ccc(OCC2CC2)cc1)C(N)=O. The van der Waals surface area contributed by atoms with Crippen LogP contribution in [0.5, 0.6) is 5.75 Å². The van der Waals surface area contributed by atoms with Crippen LogP contribution in [0.3, 0.4) is 0 Å². The van der Waals surface area contributed by atoms with E-state index >= 15 is 0 Å². The molecule has 3 N–H and O–H groups in total. The number of carbonyl (C=O) groups excluding carboxylic acids is 2. The van der Waals surface area contributed by atoms with E-state index < -0.39 is 17.9 Å². The van der Waals surface area contributed by atoms with Gasteiger partial charge in [-0.05, 0) is 36.5 Å². The third-order valence-corrected chi connectivity index (χ3v) is 3.60. The van der Waals surface area contributed by atoms with Crippen molar-refractivity contribution in [1.82, 2.24) is 5.32 Å². The number of nitrogens with two attached hydrogens (primary N) is 1. The van der Waals surface area contributed by atoms with E-state index in [4.69, 9.17) is 10.5 Å². The highest BCUT2D eigenvalue weighted by atomic mass is 16.5. The first-order chi connectivity index (χ1) is 10.6. The maximum atomic E-state index is 11.3. The van der Waals surface area contributed by atoms with Crippen LogP contribution in [0, 0.1) is 5.92 Å². The van der Waals surface area contributed by atoms with Crippen molar-refractivity contribution in [3.63, 3.8) is 0 Å². The molecule has 6 nitrogen and oxygen atoms in total. The van der Waals surface area contributed by atoms with Crippen LogP contribution in [0.4, 0.5) is 0 Å². The molecule has 0 aromatic heterocycles. The van der Waals surface area contributed by atoms with Crippen molar-refractivity contribution in [3.05, 3.63) is 29.8 Å². The van der Waals surface area contributed by atoms with Gasteiger partial charge in [0.2, 0.25) is 5.91 Å². The number of methoxy groups -OCH3 is 1. The molecule has 120 valence electrons. The lowest BCUT2D eigenvalue weighted by atomic mass is 10.1. The van der Waals surface area contributed by atoms with Crippen LogP contribution >= 0.6 is 0 Å². The Morgan fingerprint density at radius 1 is 1.32 bits per heavy atom. The monoisotopic (exact) mass is 306 g/mol. The Balaban J connectivity index is 1.80. The predicted molar refractivity (Wildman–Crippen MR) is 81.1 cm³/mol. The summed E-state index contributed by atoms with van der Waals surface area (Å²) in [6, 6.07) is 6.91. The van der Waals surface area contributed by atoms with E-state index in [0.717, 1.165) is 23.8 Å². The molecule has 0 aliphatic heterocycles. The standard InChI is InChI=1S/C16H22N2O4/c1-21-15(19)8-14(16(17)20)18-9-11-4-6-13(7-5-11)22-10-12-2-3-12/h4-7,12,14,18H,2-3,8-10H2,1H3,(H2,17,20)/t14-/m0/s1. The number of primary amides is 1. The lowest BCUT2D eigenvalue weighted by molar-refractivity contribution is -0.142. The smallest absolute Gasteiger partial charge is 0.307 e. The molecule has 0 heterocycles. The molecule has 1 amide bonds. The van der Waals surface area contributed by atoms with Gasteiger partial charge in [0, 0.05) is 6.54 Å². The molecule has 22 heavy (non-hydrogen) atoms. The van der Waals surface area contributed by atoms with Gasteiger partial charge in [0.25, 0.3) is 0 Å². The Morgan fingerprint density at radius 3 is 2.55 bits per heavy atom.